The molecule has 2 fully saturated rings. The van der Waals surface area contributed by atoms with Crippen LogP contribution in [0.3, 0.4) is 0 Å². The van der Waals surface area contributed by atoms with Gasteiger partial charge in [0.1, 0.15) is 0 Å². The van der Waals surface area contributed by atoms with E-state index < -0.39 is 0 Å². The van der Waals surface area contributed by atoms with Gasteiger partial charge < -0.3 is 10.6 Å². The molecule has 2 amide bonds. The first-order valence-corrected chi connectivity index (χ1v) is 8.78. The van der Waals surface area contributed by atoms with E-state index in [1.165, 1.54) is 0 Å². The van der Waals surface area contributed by atoms with Crippen molar-refractivity contribution in [2.45, 2.75) is 32.1 Å². The maximum atomic E-state index is 13.0. The van der Waals surface area contributed by atoms with Crippen LogP contribution in [-0.4, -0.2) is 39.6 Å². The minimum atomic E-state index is -0.326. The molecule has 2 aromatic rings. The summed E-state index contributed by atoms with van der Waals surface area (Å²) < 4.78 is 1.92. The molecule has 1 atom stereocenters. The highest BCUT2D eigenvalue weighted by molar-refractivity contribution is 5.96. The van der Waals surface area contributed by atoms with Crippen molar-refractivity contribution in [2.24, 2.45) is 11.7 Å². The number of para-hydroxylation sites is 1. The Morgan fingerprint density at radius 2 is 1.96 bits per heavy atom. The number of amides is 2. The van der Waals surface area contributed by atoms with Gasteiger partial charge in [-0.25, -0.2) is 4.68 Å². The Bertz CT molecular complexity index is 838. The molecule has 1 aliphatic heterocycles. The Morgan fingerprint density at radius 3 is 2.60 bits per heavy atom. The summed E-state index contributed by atoms with van der Waals surface area (Å²) in [6, 6.07) is 8.06. The van der Waals surface area contributed by atoms with Crippen LogP contribution in [0.4, 0.5) is 0 Å². The van der Waals surface area contributed by atoms with Gasteiger partial charge in [0.15, 0.2) is 0 Å². The summed E-state index contributed by atoms with van der Waals surface area (Å²) in [5.74, 6) is -0.214. The van der Waals surface area contributed by atoms with Gasteiger partial charge in [-0.3, -0.25) is 9.59 Å². The second kappa shape index (κ2) is 6.02. The number of likely N-dealkylation sites (tertiary alicyclic amines) is 1. The summed E-state index contributed by atoms with van der Waals surface area (Å²) in [7, 11) is 0. The Kier molecular flexibility index (Phi) is 3.82. The van der Waals surface area contributed by atoms with Crippen LogP contribution in [0.2, 0.25) is 0 Å². The van der Waals surface area contributed by atoms with Crippen molar-refractivity contribution in [1.29, 1.82) is 0 Å². The topological polar surface area (TPSA) is 81.2 Å². The van der Waals surface area contributed by atoms with Crippen LogP contribution in [0, 0.1) is 12.8 Å². The lowest BCUT2D eigenvalue weighted by atomic mass is 10.1. The lowest BCUT2D eigenvalue weighted by Gasteiger charge is -2.17. The number of carbonyl (C=O) groups excluding carboxylic acids is 2. The first-order valence-electron chi connectivity index (χ1n) is 8.78. The van der Waals surface area contributed by atoms with Gasteiger partial charge in [-0.05, 0) is 37.8 Å². The molecule has 0 spiro atoms. The number of carbonyl (C=O) groups is 2. The van der Waals surface area contributed by atoms with Gasteiger partial charge in [0, 0.05) is 19.0 Å². The van der Waals surface area contributed by atoms with Crippen LogP contribution in [0.5, 0.6) is 0 Å². The number of primary amides is 1. The number of nitrogens with two attached hydrogens (primary N) is 1. The number of aromatic nitrogens is 2. The second-order valence-electron chi connectivity index (χ2n) is 7.06. The molecule has 0 bridgehead atoms. The number of hydrogen-bond donors (Lipinski definition) is 1. The molecule has 2 aliphatic rings. The summed E-state index contributed by atoms with van der Waals surface area (Å²) in [5, 5.41) is 4.53. The molecule has 130 valence electrons. The maximum absolute atomic E-state index is 13.0. The van der Waals surface area contributed by atoms with Crippen LogP contribution in [0.1, 0.15) is 46.8 Å². The average Bonchev–Trinajstić information content (AvgIpc) is 3.15. The molecule has 2 N–H and O–H groups in total. The minimum absolute atomic E-state index is 0.0366. The standard InChI is InChI=1S/C19H22N4O2/c1-12-4-2-3-5-16(12)23-17(13-6-7-13)15(10-21-23)19(25)22-9-8-14(11-22)18(20)24/h2-5,10,13-14H,6-9,11H2,1H3,(H2,20,24). The normalized spacial score (nSPS) is 20.0. The van der Waals surface area contributed by atoms with Crippen molar-refractivity contribution in [1.82, 2.24) is 14.7 Å². The number of benzene rings is 1. The van der Waals surface area contributed by atoms with Gasteiger partial charge in [-0.2, -0.15) is 5.10 Å². The Hall–Kier alpha value is -2.63. The predicted octanol–water partition coefficient (Wildman–Crippen LogP) is 2.01. The first-order chi connectivity index (χ1) is 12.1. The second-order valence-corrected chi connectivity index (χ2v) is 7.06. The maximum Gasteiger partial charge on any atom is 0.257 e. The fourth-order valence-electron chi connectivity index (χ4n) is 3.61. The first kappa shape index (κ1) is 15.9. The average molecular weight is 338 g/mol. The SMILES string of the molecule is Cc1ccccc1-n1ncc(C(=O)N2CCC(C(N)=O)C2)c1C1CC1. The van der Waals surface area contributed by atoms with Crippen molar-refractivity contribution in [2.75, 3.05) is 13.1 Å². The molecule has 25 heavy (non-hydrogen) atoms. The third-order valence-corrected chi connectivity index (χ3v) is 5.22. The summed E-state index contributed by atoms with van der Waals surface area (Å²) in [4.78, 5) is 26.1. The zero-order chi connectivity index (χ0) is 17.6. The number of rotatable bonds is 4. The van der Waals surface area contributed by atoms with E-state index in [-0.39, 0.29) is 17.7 Å². The zero-order valence-corrected chi connectivity index (χ0v) is 14.3. The Labute approximate surface area is 146 Å². The van der Waals surface area contributed by atoms with Crippen molar-refractivity contribution < 1.29 is 9.59 Å². The molecule has 1 saturated heterocycles. The highest BCUT2D eigenvalue weighted by Gasteiger charge is 2.36. The van der Waals surface area contributed by atoms with Gasteiger partial charge in [0.25, 0.3) is 5.91 Å². The third-order valence-electron chi connectivity index (χ3n) is 5.22. The van der Waals surface area contributed by atoms with E-state index in [9.17, 15) is 9.59 Å². The summed E-state index contributed by atoms with van der Waals surface area (Å²) in [5.41, 5.74) is 9.19. The lowest BCUT2D eigenvalue weighted by Crippen LogP contribution is -2.32. The van der Waals surface area contributed by atoms with Gasteiger partial charge in [0.2, 0.25) is 5.91 Å². The van der Waals surface area contributed by atoms with E-state index in [4.69, 9.17) is 5.73 Å². The molecule has 1 saturated carbocycles. The van der Waals surface area contributed by atoms with Crippen molar-refractivity contribution in [3.05, 3.63) is 47.3 Å². The van der Waals surface area contributed by atoms with Crippen molar-refractivity contribution in [3.63, 3.8) is 0 Å². The molecular formula is C19H22N4O2. The fraction of sp³-hybridized carbons (Fsp3) is 0.421. The number of aryl methyl sites for hydroxylation is 1. The van der Waals surface area contributed by atoms with E-state index in [1.54, 1.807) is 11.1 Å². The molecule has 1 aliphatic carbocycles. The molecule has 4 rings (SSSR count). The van der Waals surface area contributed by atoms with Crippen LogP contribution in [-0.2, 0) is 4.79 Å². The van der Waals surface area contributed by atoms with Crippen LogP contribution >= 0.6 is 0 Å². The quantitative estimate of drug-likeness (QED) is 0.926. The molecule has 2 heterocycles. The Balaban J connectivity index is 1.68. The van der Waals surface area contributed by atoms with Crippen LogP contribution in [0.25, 0.3) is 5.69 Å². The summed E-state index contributed by atoms with van der Waals surface area (Å²) in [6.45, 7) is 3.03. The number of hydrogen-bond acceptors (Lipinski definition) is 3. The molecule has 1 unspecified atom stereocenters. The summed E-state index contributed by atoms with van der Waals surface area (Å²) >= 11 is 0. The highest BCUT2D eigenvalue weighted by Crippen LogP contribution is 2.43. The van der Waals surface area contributed by atoms with Crippen LogP contribution < -0.4 is 5.73 Å². The van der Waals surface area contributed by atoms with Gasteiger partial charge in [-0.15, -0.1) is 0 Å². The smallest absolute Gasteiger partial charge is 0.257 e. The third kappa shape index (κ3) is 2.81. The molecule has 6 heteroatoms. The van der Waals surface area contributed by atoms with Crippen molar-refractivity contribution in [3.8, 4) is 5.69 Å². The molecule has 1 aromatic carbocycles. The highest BCUT2D eigenvalue weighted by atomic mass is 16.2. The van der Waals surface area contributed by atoms with E-state index in [0.29, 0.717) is 31.0 Å². The molecule has 6 nitrogen and oxygen atoms in total. The van der Waals surface area contributed by atoms with E-state index >= 15 is 0 Å². The monoisotopic (exact) mass is 338 g/mol. The molecule has 1 aromatic heterocycles. The minimum Gasteiger partial charge on any atom is -0.369 e. The van der Waals surface area contributed by atoms with E-state index in [1.807, 2.05) is 35.9 Å². The van der Waals surface area contributed by atoms with E-state index in [0.717, 1.165) is 29.8 Å². The van der Waals surface area contributed by atoms with Gasteiger partial charge in [-0.1, -0.05) is 18.2 Å². The van der Waals surface area contributed by atoms with Gasteiger partial charge in [0.05, 0.1) is 29.1 Å². The molecular weight excluding hydrogens is 316 g/mol. The van der Waals surface area contributed by atoms with E-state index in [2.05, 4.69) is 5.10 Å². The van der Waals surface area contributed by atoms with Gasteiger partial charge >= 0.3 is 0 Å². The number of nitrogens with zero attached hydrogens (tertiary/aromatic N) is 3. The predicted molar refractivity (Wildman–Crippen MR) is 93.5 cm³/mol. The van der Waals surface area contributed by atoms with Crippen LogP contribution in [0.15, 0.2) is 30.5 Å². The Morgan fingerprint density at radius 1 is 1.20 bits per heavy atom. The zero-order valence-electron chi connectivity index (χ0n) is 14.3. The summed E-state index contributed by atoms with van der Waals surface area (Å²) in [6.07, 6.45) is 4.50. The lowest BCUT2D eigenvalue weighted by molar-refractivity contribution is -0.121. The fourth-order valence-corrected chi connectivity index (χ4v) is 3.61. The largest absolute Gasteiger partial charge is 0.369 e. The van der Waals surface area contributed by atoms with Crippen molar-refractivity contribution >= 4 is 11.8 Å². The molecule has 0 radical (unpaired) electrons.